The molecule has 6 atom stereocenters. The number of rotatable bonds is 4. The van der Waals surface area contributed by atoms with Gasteiger partial charge in [0.2, 0.25) is 0 Å². The fraction of sp³-hybridized carbons (Fsp3) is 0.714. The topological polar surface area (TPSA) is 87.0 Å². The first-order chi connectivity index (χ1) is 12.7. The molecule has 0 aromatic heterocycles. The normalized spacial score (nSPS) is 38.1. The Bertz CT molecular complexity index is 759. The third kappa shape index (κ3) is 3.37. The van der Waals surface area contributed by atoms with Gasteiger partial charge in [-0.15, -0.1) is 0 Å². The molecule has 27 heavy (non-hydrogen) atoms. The third-order valence-electron chi connectivity index (χ3n) is 7.72. The second-order valence-corrected chi connectivity index (χ2v) is 10.3. The number of phosphoric acid groups is 1. The van der Waals surface area contributed by atoms with E-state index in [2.05, 4.69) is 19.9 Å². The summed E-state index contributed by atoms with van der Waals surface area (Å²) in [7, 11) is -4.47. The van der Waals surface area contributed by atoms with Crippen LogP contribution in [0.25, 0.3) is 0 Å². The monoisotopic (exact) mass is 394 g/mol. The fourth-order valence-electron chi connectivity index (χ4n) is 6.72. The predicted molar refractivity (Wildman–Crippen MR) is 103 cm³/mol. The van der Waals surface area contributed by atoms with Gasteiger partial charge < -0.3 is 14.9 Å². The van der Waals surface area contributed by atoms with E-state index in [0.717, 1.165) is 44.9 Å². The number of phosphoric ester groups is 1. The van der Waals surface area contributed by atoms with Gasteiger partial charge in [0.15, 0.2) is 0 Å². The average molecular weight is 394 g/mol. The second-order valence-electron chi connectivity index (χ2n) is 9.13. The van der Waals surface area contributed by atoms with E-state index in [-0.39, 0.29) is 11.5 Å². The molecule has 2 saturated carbocycles. The van der Waals surface area contributed by atoms with Crippen LogP contribution in [0.4, 0.5) is 0 Å². The van der Waals surface area contributed by atoms with E-state index >= 15 is 0 Å². The molecule has 2 fully saturated rings. The summed E-state index contributed by atoms with van der Waals surface area (Å²) in [6, 6.07) is 5.85. The second kappa shape index (κ2) is 6.88. The predicted octanol–water partition coefficient (Wildman–Crippen LogP) is 4.75. The summed E-state index contributed by atoms with van der Waals surface area (Å²) in [6.45, 7) is 4.42. The van der Waals surface area contributed by atoms with Crippen LogP contribution in [0.2, 0.25) is 0 Å². The lowest BCUT2D eigenvalue weighted by molar-refractivity contribution is -0.0379. The SMILES string of the molecule is CCC[C@@H]1Cc2cc(O)ccc2[C@H]2CC[C@]3(C)[C@@H](OP(=O)(O)O)CC[C@H]3[C@H]12. The highest BCUT2D eigenvalue weighted by atomic mass is 31.2. The first kappa shape index (κ1) is 19.4. The summed E-state index contributed by atoms with van der Waals surface area (Å²) < 4.78 is 16.8. The summed E-state index contributed by atoms with van der Waals surface area (Å²) in [5.74, 6) is 2.36. The number of hydrogen-bond donors (Lipinski definition) is 3. The van der Waals surface area contributed by atoms with Gasteiger partial charge in [-0.1, -0.05) is 32.8 Å². The largest absolute Gasteiger partial charge is 0.508 e. The van der Waals surface area contributed by atoms with Gasteiger partial charge in [-0.2, -0.15) is 0 Å². The van der Waals surface area contributed by atoms with Crippen LogP contribution in [0.1, 0.15) is 69.4 Å². The Morgan fingerprint density at radius 2 is 2.04 bits per heavy atom. The molecule has 3 aliphatic carbocycles. The number of aromatic hydroxyl groups is 1. The van der Waals surface area contributed by atoms with Gasteiger partial charge in [0.25, 0.3) is 0 Å². The van der Waals surface area contributed by atoms with Crippen molar-refractivity contribution >= 4 is 7.82 Å². The molecular formula is C21H31O5P. The van der Waals surface area contributed by atoms with Crippen molar-refractivity contribution in [1.82, 2.24) is 0 Å². The van der Waals surface area contributed by atoms with E-state index in [1.807, 2.05) is 6.07 Å². The number of phenolic OH excluding ortho intramolecular Hbond substituents is 1. The Balaban J connectivity index is 1.69. The zero-order valence-corrected chi connectivity index (χ0v) is 17.1. The van der Waals surface area contributed by atoms with Crippen molar-refractivity contribution in [2.75, 3.05) is 0 Å². The molecule has 0 aliphatic heterocycles. The molecule has 1 aromatic carbocycles. The van der Waals surface area contributed by atoms with Crippen molar-refractivity contribution in [1.29, 1.82) is 0 Å². The Labute approximate surface area is 161 Å². The highest BCUT2D eigenvalue weighted by Crippen LogP contribution is 2.64. The number of hydrogen-bond acceptors (Lipinski definition) is 3. The minimum absolute atomic E-state index is 0.164. The summed E-state index contributed by atoms with van der Waals surface area (Å²) in [6.07, 6.45) is 6.61. The van der Waals surface area contributed by atoms with E-state index in [4.69, 9.17) is 4.52 Å². The molecule has 1 aromatic rings. The Hall–Kier alpha value is -0.870. The van der Waals surface area contributed by atoms with E-state index in [9.17, 15) is 19.5 Å². The zero-order chi connectivity index (χ0) is 19.4. The van der Waals surface area contributed by atoms with E-state index in [1.165, 1.54) is 11.1 Å². The molecule has 0 bridgehead atoms. The maximum Gasteiger partial charge on any atom is 0.469 e. The number of fused-ring (bicyclic) bond motifs is 5. The molecular weight excluding hydrogens is 363 g/mol. The molecule has 4 rings (SSSR count). The maximum absolute atomic E-state index is 11.5. The third-order valence-corrected chi connectivity index (χ3v) is 8.25. The Kier molecular flexibility index (Phi) is 4.95. The van der Waals surface area contributed by atoms with Crippen molar-refractivity contribution in [2.45, 2.75) is 70.8 Å². The van der Waals surface area contributed by atoms with Crippen LogP contribution in [-0.2, 0) is 15.5 Å². The summed E-state index contributed by atoms with van der Waals surface area (Å²) in [5.41, 5.74) is 2.51. The molecule has 3 N–H and O–H groups in total. The first-order valence-electron chi connectivity index (χ1n) is 10.3. The van der Waals surface area contributed by atoms with Crippen LogP contribution in [0.15, 0.2) is 18.2 Å². The van der Waals surface area contributed by atoms with E-state index in [1.54, 1.807) is 6.07 Å². The van der Waals surface area contributed by atoms with E-state index < -0.39 is 7.82 Å². The first-order valence-corrected chi connectivity index (χ1v) is 11.8. The van der Waals surface area contributed by atoms with Crippen molar-refractivity contribution in [3.8, 4) is 5.75 Å². The van der Waals surface area contributed by atoms with Gasteiger partial charge in [-0.3, -0.25) is 4.52 Å². The van der Waals surface area contributed by atoms with Crippen molar-refractivity contribution in [3.05, 3.63) is 29.3 Å². The standard InChI is InChI=1S/C21H31O5P/c1-3-4-13-11-14-12-15(22)5-6-16(14)17-9-10-21(2)18(20(13)17)7-8-19(21)26-27(23,24)25/h5-6,12-13,17-20,22H,3-4,7-11H2,1-2H3,(H2,23,24,25)/t13-,17-,18+,19+,20-,21+/m1/s1. The summed E-state index contributed by atoms with van der Waals surface area (Å²) in [4.78, 5) is 18.7. The van der Waals surface area contributed by atoms with Crippen LogP contribution in [0, 0.1) is 23.2 Å². The lowest BCUT2D eigenvalue weighted by Gasteiger charge is -2.53. The molecule has 3 aliphatic rings. The minimum Gasteiger partial charge on any atom is -0.508 e. The molecule has 0 radical (unpaired) electrons. The highest BCUT2D eigenvalue weighted by molar-refractivity contribution is 7.46. The molecule has 6 heteroatoms. The fourth-order valence-corrected chi connectivity index (χ4v) is 7.40. The zero-order valence-electron chi connectivity index (χ0n) is 16.2. The van der Waals surface area contributed by atoms with Gasteiger partial charge in [-0.05, 0) is 84.5 Å². The van der Waals surface area contributed by atoms with Crippen molar-refractivity contribution in [2.24, 2.45) is 23.2 Å². The minimum atomic E-state index is -4.47. The number of benzene rings is 1. The van der Waals surface area contributed by atoms with Crippen LogP contribution in [-0.4, -0.2) is 21.0 Å². The van der Waals surface area contributed by atoms with Crippen LogP contribution >= 0.6 is 7.82 Å². The Morgan fingerprint density at radius 1 is 1.26 bits per heavy atom. The van der Waals surface area contributed by atoms with Gasteiger partial charge in [-0.25, -0.2) is 4.57 Å². The molecule has 150 valence electrons. The molecule has 0 spiro atoms. The summed E-state index contributed by atoms with van der Waals surface area (Å²) in [5, 5.41) is 9.94. The smallest absolute Gasteiger partial charge is 0.469 e. The van der Waals surface area contributed by atoms with Gasteiger partial charge in [0.05, 0.1) is 6.10 Å². The van der Waals surface area contributed by atoms with Crippen molar-refractivity contribution in [3.63, 3.8) is 0 Å². The lowest BCUT2D eigenvalue weighted by atomic mass is 9.52. The van der Waals surface area contributed by atoms with Crippen LogP contribution < -0.4 is 0 Å². The molecule has 5 nitrogen and oxygen atoms in total. The van der Waals surface area contributed by atoms with E-state index in [0.29, 0.717) is 29.4 Å². The quantitative estimate of drug-likeness (QED) is 0.642. The Morgan fingerprint density at radius 3 is 2.74 bits per heavy atom. The molecule has 0 amide bonds. The molecule has 0 unspecified atom stereocenters. The average Bonchev–Trinajstić information content (AvgIpc) is 2.89. The maximum atomic E-state index is 11.5. The lowest BCUT2D eigenvalue weighted by Crippen LogP contribution is -2.47. The van der Waals surface area contributed by atoms with Gasteiger partial charge in [0.1, 0.15) is 5.75 Å². The van der Waals surface area contributed by atoms with Crippen LogP contribution in [0.5, 0.6) is 5.75 Å². The van der Waals surface area contributed by atoms with Crippen molar-refractivity contribution < 1.29 is 24.0 Å². The molecule has 0 heterocycles. The summed E-state index contributed by atoms with van der Waals surface area (Å²) >= 11 is 0. The van der Waals surface area contributed by atoms with Gasteiger partial charge in [0, 0.05) is 0 Å². The molecule has 0 saturated heterocycles. The number of phenols is 1. The van der Waals surface area contributed by atoms with Gasteiger partial charge >= 0.3 is 7.82 Å². The van der Waals surface area contributed by atoms with Crippen LogP contribution in [0.3, 0.4) is 0 Å². The highest BCUT2D eigenvalue weighted by Gasteiger charge is 2.58.